The number of carbonyl (C=O) groups excluding carboxylic acids is 1. The minimum absolute atomic E-state index is 0.330. The quantitative estimate of drug-likeness (QED) is 0.767. The summed E-state index contributed by atoms with van der Waals surface area (Å²) in [6.07, 6.45) is 1.09. The predicted octanol–water partition coefficient (Wildman–Crippen LogP) is 2.06. The van der Waals surface area contributed by atoms with Gasteiger partial charge in [-0.3, -0.25) is 4.79 Å². The number of aryl methyl sites for hydroxylation is 1. The lowest BCUT2D eigenvalue weighted by atomic mass is 10.1. The van der Waals surface area contributed by atoms with E-state index in [2.05, 4.69) is 0 Å². The molecule has 0 saturated heterocycles. The third-order valence-corrected chi connectivity index (χ3v) is 5.48. The number of carbonyl (C=O) groups is 1. The molecule has 0 N–H and O–H groups in total. The molecule has 1 heterocycles. The molecule has 3 nitrogen and oxygen atoms in total. The molecule has 1 rings (SSSR count). The Morgan fingerprint density at radius 1 is 1.33 bits per heavy atom. The van der Waals surface area contributed by atoms with Crippen molar-refractivity contribution in [3.05, 3.63) is 21.9 Å². The van der Waals surface area contributed by atoms with E-state index in [4.69, 9.17) is 0 Å². The average Bonchev–Trinajstić information content (AvgIpc) is 2.48. The van der Waals surface area contributed by atoms with Crippen LogP contribution in [-0.4, -0.2) is 25.2 Å². The lowest BCUT2D eigenvalue weighted by Crippen LogP contribution is -2.39. The highest BCUT2D eigenvalue weighted by Crippen LogP contribution is 2.25. The van der Waals surface area contributed by atoms with Gasteiger partial charge in [-0.15, -0.1) is 11.3 Å². The second-order valence-electron chi connectivity index (χ2n) is 4.02. The smallest absolute Gasteiger partial charge is 0.193 e. The molecule has 0 spiro atoms. The van der Waals surface area contributed by atoms with Crippen molar-refractivity contribution in [1.29, 1.82) is 0 Å². The number of ketones is 1. The van der Waals surface area contributed by atoms with Gasteiger partial charge in [0.25, 0.3) is 0 Å². The molecule has 15 heavy (non-hydrogen) atoms. The zero-order valence-corrected chi connectivity index (χ0v) is 10.8. The van der Waals surface area contributed by atoms with Crippen LogP contribution in [0, 0.1) is 6.92 Å². The Hall–Kier alpha value is -0.680. The summed E-state index contributed by atoms with van der Waals surface area (Å²) in [5.41, 5.74) is 0. The molecule has 0 saturated carbocycles. The van der Waals surface area contributed by atoms with Gasteiger partial charge in [-0.25, -0.2) is 8.42 Å². The van der Waals surface area contributed by atoms with E-state index < -0.39 is 14.6 Å². The number of Topliss-reactive ketones (excluding diaryl/α,β-unsaturated/α-hetero) is 1. The van der Waals surface area contributed by atoms with Crippen molar-refractivity contribution in [2.45, 2.75) is 25.5 Å². The highest BCUT2D eigenvalue weighted by molar-refractivity contribution is 7.92. The first-order valence-electron chi connectivity index (χ1n) is 4.47. The maximum Gasteiger partial charge on any atom is 0.193 e. The Morgan fingerprint density at radius 3 is 2.20 bits per heavy atom. The van der Waals surface area contributed by atoms with Crippen molar-refractivity contribution in [3.63, 3.8) is 0 Å². The summed E-state index contributed by atoms with van der Waals surface area (Å²) in [6.45, 7) is 4.77. The first kappa shape index (κ1) is 12.4. The Morgan fingerprint density at radius 2 is 1.87 bits per heavy atom. The van der Waals surface area contributed by atoms with Gasteiger partial charge in [0.2, 0.25) is 0 Å². The fourth-order valence-corrected chi connectivity index (χ4v) is 2.50. The first-order valence-corrected chi connectivity index (χ1v) is 7.18. The van der Waals surface area contributed by atoms with E-state index in [1.807, 2.05) is 13.0 Å². The minimum Gasteiger partial charge on any atom is -0.292 e. The van der Waals surface area contributed by atoms with Crippen LogP contribution < -0.4 is 0 Å². The molecule has 0 radical (unpaired) electrons. The molecule has 0 fully saturated rings. The fourth-order valence-electron chi connectivity index (χ4n) is 1.02. The lowest BCUT2D eigenvalue weighted by Gasteiger charge is -2.19. The maximum atomic E-state index is 12.0. The normalized spacial score (nSPS) is 12.8. The summed E-state index contributed by atoms with van der Waals surface area (Å²) in [4.78, 5) is 13.5. The summed E-state index contributed by atoms with van der Waals surface area (Å²) in [5.74, 6) is -0.330. The van der Waals surface area contributed by atoms with E-state index >= 15 is 0 Å². The third kappa shape index (κ3) is 2.29. The molecule has 0 aliphatic heterocycles. The van der Waals surface area contributed by atoms with Crippen LogP contribution in [-0.2, 0) is 9.84 Å². The number of rotatable bonds is 3. The van der Waals surface area contributed by atoms with Crippen molar-refractivity contribution in [3.8, 4) is 0 Å². The van der Waals surface area contributed by atoms with Crippen LogP contribution in [0.2, 0.25) is 0 Å². The van der Waals surface area contributed by atoms with Crippen LogP contribution in [0.3, 0.4) is 0 Å². The van der Waals surface area contributed by atoms with Gasteiger partial charge in [0.1, 0.15) is 4.75 Å². The largest absolute Gasteiger partial charge is 0.292 e. The van der Waals surface area contributed by atoms with Gasteiger partial charge in [-0.2, -0.15) is 0 Å². The van der Waals surface area contributed by atoms with Gasteiger partial charge in [-0.05, 0) is 32.9 Å². The average molecular weight is 246 g/mol. The molecule has 0 aromatic carbocycles. The highest BCUT2D eigenvalue weighted by Gasteiger charge is 2.39. The van der Waals surface area contributed by atoms with Gasteiger partial charge < -0.3 is 0 Å². The van der Waals surface area contributed by atoms with Crippen LogP contribution in [0.5, 0.6) is 0 Å². The second-order valence-corrected chi connectivity index (χ2v) is 7.87. The van der Waals surface area contributed by atoms with Crippen LogP contribution in [0.15, 0.2) is 12.1 Å². The van der Waals surface area contributed by atoms with Crippen LogP contribution in [0.4, 0.5) is 0 Å². The Bertz CT molecular complexity index is 481. The number of hydrogen-bond donors (Lipinski definition) is 0. The van der Waals surface area contributed by atoms with Crippen LogP contribution in [0.1, 0.15) is 28.4 Å². The summed E-state index contributed by atoms with van der Waals surface area (Å²) in [7, 11) is -3.38. The highest BCUT2D eigenvalue weighted by atomic mass is 32.2. The van der Waals surface area contributed by atoms with E-state index in [-0.39, 0.29) is 5.78 Å². The molecule has 5 heteroatoms. The molecule has 0 atom stereocenters. The molecular formula is C10H14O3S2. The molecule has 1 aromatic heterocycles. The summed E-state index contributed by atoms with van der Waals surface area (Å²) >= 11 is 1.32. The van der Waals surface area contributed by atoms with Gasteiger partial charge in [-0.1, -0.05) is 0 Å². The number of thiophene rings is 1. The predicted molar refractivity (Wildman–Crippen MR) is 62.3 cm³/mol. The van der Waals surface area contributed by atoms with Crippen LogP contribution >= 0.6 is 11.3 Å². The zero-order valence-electron chi connectivity index (χ0n) is 9.20. The molecule has 0 unspecified atom stereocenters. The van der Waals surface area contributed by atoms with Gasteiger partial charge in [0, 0.05) is 11.1 Å². The molecule has 1 aromatic rings. The molecule has 0 aliphatic carbocycles. The van der Waals surface area contributed by atoms with Gasteiger partial charge in [0.15, 0.2) is 15.6 Å². The number of hydrogen-bond acceptors (Lipinski definition) is 4. The number of sulfone groups is 1. The SMILES string of the molecule is Cc1ccc(C(=O)C(C)(C)S(C)(=O)=O)s1. The summed E-state index contributed by atoms with van der Waals surface area (Å²) < 4.78 is 21.6. The van der Waals surface area contributed by atoms with Crippen molar-refractivity contribution in [1.82, 2.24) is 0 Å². The van der Waals surface area contributed by atoms with Crippen molar-refractivity contribution in [2.75, 3.05) is 6.26 Å². The molecule has 0 amide bonds. The first-order chi connectivity index (χ1) is 6.66. The molecule has 0 bridgehead atoms. The van der Waals surface area contributed by atoms with E-state index in [9.17, 15) is 13.2 Å². The monoisotopic (exact) mass is 246 g/mol. The zero-order chi connectivity index (χ0) is 11.9. The molecular weight excluding hydrogens is 232 g/mol. The standard InChI is InChI=1S/C10H14O3S2/c1-7-5-6-8(14-7)9(11)10(2,3)15(4,12)13/h5-6H,1-4H3. The summed E-state index contributed by atoms with van der Waals surface area (Å²) in [5, 5.41) is 0. The van der Waals surface area contributed by atoms with Crippen molar-refractivity contribution < 1.29 is 13.2 Å². The van der Waals surface area contributed by atoms with Crippen molar-refractivity contribution in [2.24, 2.45) is 0 Å². The Kier molecular flexibility index (Phi) is 3.07. The lowest BCUT2D eigenvalue weighted by molar-refractivity contribution is 0.0958. The topological polar surface area (TPSA) is 51.2 Å². The molecule has 84 valence electrons. The van der Waals surface area contributed by atoms with Crippen LogP contribution in [0.25, 0.3) is 0 Å². The van der Waals surface area contributed by atoms with E-state index in [0.717, 1.165) is 11.1 Å². The van der Waals surface area contributed by atoms with Crippen molar-refractivity contribution >= 4 is 27.0 Å². The van der Waals surface area contributed by atoms with Gasteiger partial charge in [0.05, 0.1) is 4.88 Å². The Balaban J connectivity index is 3.16. The third-order valence-electron chi connectivity index (χ3n) is 2.44. The fraction of sp³-hybridized carbons (Fsp3) is 0.500. The Labute approximate surface area is 94.0 Å². The molecule has 0 aliphatic rings. The minimum atomic E-state index is -3.38. The van der Waals surface area contributed by atoms with Gasteiger partial charge >= 0.3 is 0 Å². The second kappa shape index (κ2) is 3.72. The maximum absolute atomic E-state index is 12.0. The summed E-state index contributed by atoms with van der Waals surface area (Å²) in [6, 6.07) is 3.49. The van der Waals surface area contributed by atoms with E-state index in [1.165, 1.54) is 25.2 Å². The van der Waals surface area contributed by atoms with E-state index in [0.29, 0.717) is 4.88 Å². The van der Waals surface area contributed by atoms with E-state index in [1.54, 1.807) is 6.07 Å².